The first-order valence-corrected chi connectivity index (χ1v) is 12.9. The van der Waals surface area contributed by atoms with Crippen molar-refractivity contribution in [2.45, 2.75) is 57.1 Å². The van der Waals surface area contributed by atoms with Gasteiger partial charge < -0.3 is 25.0 Å². The Morgan fingerprint density at radius 2 is 2.05 bits per heavy atom. The van der Waals surface area contributed by atoms with Gasteiger partial charge in [0.1, 0.15) is 34.9 Å². The van der Waals surface area contributed by atoms with E-state index in [0.29, 0.717) is 41.0 Å². The molecule has 12 heteroatoms. The van der Waals surface area contributed by atoms with Gasteiger partial charge in [0.2, 0.25) is 0 Å². The van der Waals surface area contributed by atoms with E-state index in [2.05, 4.69) is 20.1 Å². The molecule has 198 valence electrons. The third kappa shape index (κ3) is 4.07. The summed E-state index contributed by atoms with van der Waals surface area (Å²) in [7, 11) is 0. The number of benzene rings is 1. The van der Waals surface area contributed by atoms with Gasteiger partial charge in [0.15, 0.2) is 5.79 Å². The van der Waals surface area contributed by atoms with E-state index in [0.717, 1.165) is 10.9 Å². The largest absolute Gasteiger partial charge is 0.411 e. The predicted octanol–water partition coefficient (Wildman–Crippen LogP) is 5.55. The van der Waals surface area contributed by atoms with Gasteiger partial charge in [-0.15, -0.1) is 5.16 Å². The summed E-state index contributed by atoms with van der Waals surface area (Å²) in [5, 5.41) is 14.8. The fraction of sp³-hybridized carbons (Fsp3) is 0.385. The minimum absolute atomic E-state index is 0.141. The van der Waals surface area contributed by atoms with Crippen LogP contribution >= 0.6 is 23.2 Å². The van der Waals surface area contributed by atoms with Crippen molar-refractivity contribution in [1.29, 1.82) is 0 Å². The van der Waals surface area contributed by atoms with Gasteiger partial charge in [-0.3, -0.25) is 0 Å². The standard InChI is InChI=1S/C26H25Cl2FN6O3/c1-25(2)37-20-19(35-6-4-14-22(28)31-12-32-24(14)35)10-26(11-33-36,21(20)38-25)5-3-13-7-17(29)15-9-16(27)23(30)34-18(15)8-13/h4,6-9,11-12,19-21,36H,3,5,10H2,1-2H3,(H2,30,34)/t19-,20+,21+,26+/m1/s1. The fourth-order valence-electron chi connectivity index (χ4n) is 5.95. The third-order valence-electron chi connectivity index (χ3n) is 7.60. The van der Waals surface area contributed by atoms with Crippen LogP contribution in [0.4, 0.5) is 10.2 Å². The molecule has 1 aliphatic carbocycles. The highest BCUT2D eigenvalue weighted by atomic mass is 35.5. The second-order valence-corrected chi connectivity index (χ2v) is 11.2. The van der Waals surface area contributed by atoms with E-state index in [1.807, 2.05) is 30.7 Å². The Balaban J connectivity index is 1.38. The van der Waals surface area contributed by atoms with Gasteiger partial charge in [0.05, 0.1) is 34.3 Å². The van der Waals surface area contributed by atoms with E-state index in [1.165, 1.54) is 24.7 Å². The SMILES string of the molecule is CC1(C)O[C@H]2[C@H](n3ccc4c(Cl)ncnc43)C[C@](C=NO)(CCc3cc(F)c4cc(Cl)c(N)nc4c3)[C@H]2O1. The van der Waals surface area contributed by atoms with Crippen LogP contribution in [0.3, 0.4) is 0 Å². The first-order chi connectivity index (χ1) is 18.1. The van der Waals surface area contributed by atoms with Gasteiger partial charge >= 0.3 is 0 Å². The molecule has 0 bridgehead atoms. The third-order valence-corrected chi connectivity index (χ3v) is 8.20. The summed E-state index contributed by atoms with van der Waals surface area (Å²) in [6.07, 6.45) is 5.57. The van der Waals surface area contributed by atoms with E-state index >= 15 is 0 Å². The topological polar surface area (TPSA) is 121 Å². The summed E-state index contributed by atoms with van der Waals surface area (Å²) in [5.74, 6) is -1.15. The second kappa shape index (κ2) is 9.01. The van der Waals surface area contributed by atoms with Gasteiger partial charge in [-0.1, -0.05) is 23.2 Å². The molecule has 4 heterocycles. The molecule has 3 N–H and O–H groups in total. The van der Waals surface area contributed by atoms with E-state index in [4.69, 9.17) is 38.4 Å². The summed E-state index contributed by atoms with van der Waals surface area (Å²) in [6, 6.07) is 6.43. The lowest BCUT2D eigenvalue weighted by Gasteiger charge is -2.31. The maximum Gasteiger partial charge on any atom is 0.163 e. The molecular weight excluding hydrogens is 534 g/mol. The van der Waals surface area contributed by atoms with Crippen LogP contribution in [0.2, 0.25) is 10.2 Å². The van der Waals surface area contributed by atoms with E-state index in [-0.39, 0.29) is 23.0 Å². The van der Waals surface area contributed by atoms with Gasteiger partial charge in [-0.25, -0.2) is 19.3 Å². The van der Waals surface area contributed by atoms with Gasteiger partial charge in [-0.05, 0) is 62.9 Å². The number of ether oxygens (including phenoxy) is 2. The molecule has 0 unspecified atom stereocenters. The minimum atomic E-state index is -0.853. The number of aryl methyl sites for hydroxylation is 1. The van der Waals surface area contributed by atoms with Crippen LogP contribution in [0, 0.1) is 11.2 Å². The van der Waals surface area contributed by atoms with Crippen molar-refractivity contribution in [3.8, 4) is 0 Å². The molecule has 0 radical (unpaired) electrons. The van der Waals surface area contributed by atoms with Crippen LogP contribution in [0.15, 0.2) is 41.9 Å². The Labute approximate surface area is 227 Å². The Kier molecular flexibility index (Phi) is 5.99. The molecule has 2 fully saturated rings. The maximum absolute atomic E-state index is 15.0. The number of nitrogens with zero attached hydrogens (tertiary/aromatic N) is 5. The Morgan fingerprint density at radius 1 is 1.24 bits per heavy atom. The predicted molar refractivity (Wildman–Crippen MR) is 142 cm³/mol. The molecule has 9 nitrogen and oxygen atoms in total. The normalized spacial score (nSPS) is 26.6. The maximum atomic E-state index is 15.0. The molecule has 4 atom stereocenters. The lowest BCUT2D eigenvalue weighted by atomic mass is 9.79. The monoisotopic (exact) mass is 558 g/mol. The van der Waals surface area contributed by atoms with Crippen molar-refractivity contribution >= 4 is 57.2 Å². The Hall–Kier alpha value is -3.05. The first kappa shape index (κ1) is 25.2. The zero-order valence-electron chi connectivity index (χ0n) is 20.6. The number of oxime groups is 1. The first-order valence-electron chi connectivity index (χ1n) is 12.2. The number of anilines is 1. The van der Waals surface area contributed by atoms with Crippen molar-refractivity contribution in [2.24, 2.45) is 10.6 Å². The number of hydrogen-bond acceptors (Lipinski definition) is 8. The van der Waals surface area contributed by atoms with Crippen molar-refractivity contribution in [1.82, 2.24) is 19.5 Å². The molecule has 1 saturated carbocycles. The quantitative estimate of drug-likeness (QED) is 0.142. The number of aromatic nitrogens is 4. The van der Waals surface area contributed by atoms with Crippen LogP contribution in [0.1, 0.15) is 38.3 Å². The lowest BCUT2D eigenvalue weighted by Crippen LogP contribution is -2.37. The van der Waals surface area contributed by atoms with E-state index in [1.54, 1.807) is 6.07 Å². The molecule has 0 spiro atoms. The van der Waals surface area contributed by atoms with Crippen LogP contribution in [0.5, 0.6) is 0 Å². The van der Waals surface area contributed by atoms with Gasteiger partial charge in [0.25, 0.3) is 0 Å². The zero-order valence-corrected chi connectivity index (χ0v) is 22.1. The molecule has 1 aliphatic heterocycles. The molecule has 3 aromatic heterocycles. The highest BCUT2D eigenvalue weighted by Gasteiger charge is 2.61. The van der Waals surface area contributed by atoms with Gasteiger partial charge in [-0.2, -0.15) is 0 Å². The van der Waals surface area contributed by atoms with Crippen molar-refractivity contribution in [3.05, 3.63) is 58.3 Å². The molecule has 6 rings (SSSR count). The molecular formula is C26H25Cl2FN6O3. The molecule has 38 heavy (non-hydrogen) atoms. The zero-order chi connectivity index (χ0) is 26.8. The lowest BCUT2D eigenvalue weighted by molar-refractivity contribution is -0.164. The minimum Gasteiger partial charge on any atom is -0.411 e. The summed E-state index contributed by atoms with van der Waals surface area (Å²) in [5.41, 5.74) is 6.96. The summed E-state index contributed by atoms with van der Waals surface area (Å²) in [6.45, 7) is 3.71. The number of rotatable bonds is 5. The van der Waals surface area contributed by atoms with Crippen LogP contribution in [-0.2, 0) is 15.9 Å². The average Bonchev–Trinajstić information content (AvgIpc) is 3.51. The molecule has 4 aromatic rings. The van der Waals surface area contributed by atoms with Crippen LogP contribution in [-0.4, -0.2) is 48.9 Å². The van der Waals surface area contributed by atoms with Crippen molar-refractivity contribution in [2.75, 3.05) is 5.73 Å². The molecule has 1 saturated heterocycles. The smallest absolute Gasteiger partial charge is 0.163 e. The number of halogens is 3. The highest BCUT2D eigenvalue weighted by Crippen LogP contribution is 2.55. The Bertz CT molecular complexity index is 1590. The number of nitrogen functional groups attached to an aromatic ring is 1. The highest BCUT2D eigenvalue weighted by molar-refractivity contribution is 6.34. The number of pyridine rings is 1. The summed E-state index contributed by atoms with van der Waals surface area (Å²) < 4.78 is 29.8. The fourth-order valence-corrected chi connectivity index (χ4v) is 6.29. The molecule has 0 amide bonds. The summed E-state index contributed by atoms with van der Waals surface area (Å²) in [4.78, 5) is 12.8. The van der Waals surface area contributed by atoms with E-state index in [9.17, 15) is 9.60 Å². The number of fused-ring (bicyclic) bond motifs is 3. The number of hydrogen-bond donors (Lipinski definition) is 2. The van der Waals surface area contributed by atoms with Crippen molar-refractivity contribution < 1.29 is 19.1 Å². The van der Waals surface area contributed by atoms with E-state index < -0.39 is 23.1 Å². The van der Waals surface area contributed by atoms with Crippen molar-refractivity contribution in [3.63, 3.8) is 0 Å². The number of nitrogens with two attached hydrogens (primary N) is 1. The van der Waals surface area contributed by atoms with Gasteiger partial charge in [0, 0.05) is 17.0 Å². The molecule has 1 aromatic carbocycles. The molecule has 2 aliphatic rings. The second-order valence-electron chi connectivity index (χ2n) is 10.4. The average molecular weight is 559 g/mol. The summed E-state index contributed by atoms with van der Waals surface area (Å²) >= 11 is 12.3. The van der Waals surface area contributed by atoms with Crippen LogP contribution in [0.25, 0.3) is 21.9 Å². The van der Waals surface area contributed by atoms with Crippen LogP contribution < -0.4 is 5.73 Å². The Morgan fingerprint density at radius 3 is 2.84 bits per heavy atom.